The molecule has 2 aromatic rings. The Kier molecular flexibility index (Phi) is 4.93. The number of anilines is 1. The fourth-order valence-electron chi connectivity index (χ4n) is 3.84. The van der Waals surface area contributed by atoms with Crippen LogP contribution in [-0.4, -0.2) is 30.0 Å². The van der Waals surface area contributed by atoms with Gasteiger partial charge in [-0.2, -0.15) is 0 Å². The number of hydrogen-bond donors (Lipinski definition) is 1. The van der Waals surface area contributed by atoms with Crippen LogP contribution in [0.15, 0.2) is 48.5 Å². The SMILES string of the molecule is CNC(=O)c1ccc(N2CCC[C@]2(C)Cc2ccccc2)c([N+](=O)[O-])c1. The van der Waals surface area contributed by atoms with Crippen LogP contribution < -0.4 is 10.2 Å². The van der Waals surface area contributed by atoms with Crippen molar-refractivity contribution < 1.29 is 9.72 Å². The zero-order valence-electron chi connectivity index (χ0n) is 15.1. The summed E-state index contributed by atoms with van der Waals surface area (Å²) >= 11 is 0. The Balaban J connectivity index is 1.98. The topological polar surface area (TPSA) is 75.5 Å². The summed E-state index contributed by atoms with van der Waals surface area (Å²) in [6, 6.07) is 14.9. The van der Waals surface area contributed by atoms with E-state index < -0.39 is 4.92 Å². The molecule has 6 heteroatoms. The molecule has 1 fully saturated rings. The van der Waals surface area contributed by atoms with E-state index in [1.54, 1.807) is 12.1 Å². The standard InChI is InChI=1S/C20H23N3O3/c1-20(14-15-7-4-3-5-8-15)11-6-12-22(20)17-10-9-16(19(24)21-2)13-18(17)23(25)26/h3-5,7-10,13H,6,11-12,14H2,1-2H3,(H,21,24)/t20-/m1/s1. The third-order valence-electron chi connectivity index (χ3n) is 5.13. The molecule has 1 aliphatic rings. The molecule has 0 aromatic heterocycles. The molecule has 1 heterocycles. The Labute approximate surface area is 153 Å². The second-order valence-electron chi connectivity index (χ2n) is 6.95. The van der Waals surface area contributed by atoms with Crippen LogP contribution in [0.25, 0.3) is 0 Å². The molecule has 1 N–H and O–H groups in total. The van der Waals surface area contributed by atoms with Gasteiger partial charge < -0.3 is 10.2 Å². The summed E-state index contributed by atoms with van der Waals surface area (Å²) in [6.45, 7) is 2.92. The van der Waals surface area contributed by atoms with E-state index in [4.69, 9.17) is 0 Å². The number of hydrogen-bond acceptors (Lipinski definition) is 4. The quantitative estimate of drug-likeness (QED) is 0.659. The molecule has 0 spiro atoms. The highest BCUT2D eigenvalue weighted by molar-refractivity contribution is 5.95. The Hall–Kier alpha value is -2.89. The van der Waals surface area contributed by atoms with Gasteiger partial charge in [-0.25, -0.2) is 0 Å². The minimum Gasteiger partial charge on any atom is -0.360 e. The van der Waals surface area contributed by atoms with Crippen LogP contribution in [0.1, 0.15) is 35.7 Å². The molecule has 0 bridgehead atoms. The fraction of sp³-hybridized carbons (Fsp3) is 0.350. The highest BCUT2D eigenvalue weighted by Crippen LogP contribution is 2.41. The normalized spacial score (nSPS) is 19.4. The van der Waals surface area contributed by atoms with Crippen LogP contribution in [0.5, 0.6) is 0 Å². The monoisotopic (exact) mass is 353 g/mol. The van der Waals surface area contributed by atoms with Gasteiger partial charge in [0, 0.05) is 30.8 Å². The Morgan fingerprint density at radius 1 is 1.27 bits per heavy atom. The molecule has 0 aliphatic carbocycles. The fourth-order valence-corrected chi connectivity index (χ4v) is 3.84. The van der Waals surface area contributed by atoms with Gasteiger partial charge in [-0.1, -0.05) is 30.3 Å². The van der Waals surface area contributed by atoms with Crippen LogP contribution in [-0.2, 0) is 6.42 Å². The van der Waals surface area contributed by atoms with E-state index in [1.807, 2.05) is 18.2 Å². The number of benzene rings is 2. The van der Waals surface area contributed by atoms with Crippen molar-refractivity contribution in [3.05, 3.63) is 69.8 Å². The maximum absolute atomic E-state index is 11.8. The molecule has 6 nitrogen and oxygen atoms in total. The van der Waals surface area contributed by atoms with Crippen molar-refractivity contribution in [2.45, 2.75) is 31.7 Å². The number of amides is 1. The molecule has 136 valence electrons. The lowest BCUT2D eigenvalue weighted by Gasteiger charge is -2.37. The number of nitrogens with zero attached hydrogens (tertiary/aromatic N) is 2. The maximum Gasteiger partial charge on any atom is 0.293 e. The molecule has 26 heavy (non-hydrogen) atoms. The highest BCUT2D eigenvalue weighted by atomic mass is 16.6. The molecule has 2 aromatic carbocycles. The lowest BCUT2D eigenvalue weighted by molar-refractivity contribution is -0.384. The summed E-state index contributed by atoms with van der Waals surface area (Å²) in [5, 5.41) is 14.2. The van der Waals surface area contributed by atoms with Gasteiger partial charge in [0.15, 0.2) is 0 Å². The van der Waals surface area contributed by atoms with Crippen molar-refractivity contribution >= 4 is 17.3 Å². The molecule has 1 saturated heterocycles. The summed E-state index contributed by atoms with van der Waals surface area (Å²) in [7, 11) is 1.51. The zero-order valence-corrected chi connectivity index (χ0v) is 15.1. The lowest BCUT2D eigenvalue weighted by atomic mass is 9.89. The van der Waals surface area contributed by atoms with Gasteiger partial charge >= 0.3 is 0 Å². The Morgan fingerprint density at radius 2 is 2.00 bits per heavy atom. The van der Waals surface area contributed by atoms with E-state index >= 15 is 0 Å². The first kappa shape index (κ1) is 17.9. The minimum absolute atomic E-state index is 0.0210. The van der Waals surface area contributed by atoms with E-state index in [0.29, 0.717) is 11.3 Å². The second kappa shape index (κ2) is 7.15. The molecule has 1 aliphatic heterocycles. The first-order chi connectivity index (χ1) is 12.4. The highest BCUT2D eigenvalue weighted by Gasteiger charge is 2.39. The van der Waals surface area contributed by atoms with Crippen LogP contribution in [0.3, 0.4) is 0 Å². The van der Waals surface area contributed by atoms with Gasteiger partial charge in [0.25, 0.3) is 11.6 Å². The van der Waals surface area contributed by atoms with Crippen molar-refractivity contribution in [3.8, 4) is 0 Å². The average Bonchev–Trinajstić information content (AvgIpc) is 3.02. The molecule has 1 amide bonds. The number of nitrogens with one attached hydrogen (secondary N) is 1. The minimum atomic E-state index is -0.400. The number of nitro groups is 1. The Bertz CT molecular complexity index is 822. The number of carbonyl (C=O) groups is 1. The third-order valence-corrected chi connectivity index (χ3v) is 5.13. The van der Waals surface area contributed by atoms with Gasteiger partial charge in [0.05, 0.1) is 4.92 Å². The van der Waals surface area contributed by atoms with Crippen molar-refractivity contribution in [3.63, 3.8) is 0 Å². The summed E-state index contributed by atoms with van der Waals surface area (Å²) in [5.74, 6) is -0.326. The summed E-state index contributed by atoms with van der Waals surface area (Å²) in [5.41, 5.74) is 1.88. The summed E-state index contributed by atoms with van der Waals surface area (Å²) < 4.78 is 0. The third kappa shape index (κ3) is 3.40. The maximum atomic E-state index is 11.8. The largest absolute Gasteiger partial charge is 0.360 e. The Morgan fingerprint density at radius 3 is 2.65 bits per heavy atom. The summed E-state index contributed by atoms with van der Waals surface area (Å²) in [6.07, 6.45) is 2.77. The zero-order chi connectivity index (χ0) is 18.7. The average molecular weight is 353 g/mol. The molecular formula is C20H23N3O3. The first-order valence-electron chi connectivity index (χ1n) is 8.77. The number of rotatable bonds is 5. The van der Waals surface area contributed by atoms with Gasteiger partial charge in [-0.3, -0.25) is 14.9 Å². The van der Waals surface area contributed by atoms with E-state index in [0.717, 1.165) is 25.8 Å². The first-order valence-corrected chi connectivity index (χ1v) is 8.77. The van der Waals surface area contributed by atoms with Gasteiger partial charge in [0.1, 0.15) is 5.69 Å². The molecule has 0 saturated carbocycles. The number of nitro benzene ring substituents is 1. The summed E-state index contributed by atoms with van der Waals surface area (Å²) in [4.78, 5) is 25.2. The van der Waals surface area contributed by atoms with E-state index in [1.165, 1.54) is 18.7 Å². The van der Waals surface area contributed by atoms with E-state index in [-0.39, 0.29) is 17.1 Å². The lowest BCUT2D eigenvalue weighted by Crippen LogP contribution is -2.43. The van der Waals surface area contributed by atoms with Crippen LogP contribution in [0.4, 0.5) is 11.4 Å². The molecule has 0 unspecified atom stereocenters. The van der Waals surface area contributed by atoms with Crippen molar-refractivity contribution in [1.29, 1.82) is 0 Å². The van der Waals surface area contributed by atoms with E-state index in [9.17, 15) is 14.9 Å². The van der Waals surface area contributed by atoms with Gasteiger partial charge in [-0.05, 0) is 43.9 Å². The van der Waals surface area contributed by atoms with Crippen molar-refractivity contribution in [1.82, 2.24) is 5.32 Å². The van der Waals surface area contributed by atoms with Crippen LogP contribution in [0, 0.1) is 10.1 Å². The van der Waals surface area contributed by atoms with Gasteiger partial charge in [0.2, 0.25) is 0 Å². The van der Waals surface area contributed by atoms with Crippen LogP contribution in [0.2, 0.25) is 0 Å². The molecule has 0 radical (unpaired) electrons. The predicted molar refractivity (Wildman–Crippen MR) is 102 cm³/mol. The van der Waals surface area contributed by atoms with Gasteiger partial charge in [-0.15, -0.1) is 0 Å². The number of carbonyl (C=O) groups excluding carboxylic acids is 1. The molecular weight excluding hydrogens is 330 g/mol. The van der Waals surface area contributed by atoms with E-state index in [2.05, 4.69) is 29.3 Å². The van der Waals surface area contributed by atoms with Crippen molar-refractivity contribution in [2.75, 3.05) is 18.5 Å². The molecule has 1 atom stereocenters. The predicted octanol–water partition coefficient (Wildman–Crippen LogP) is 3.56. The second-order valence-corrected chi connectivity index (χ2v) is 6.95. The van der Waals surface area contributed by atoms with Crippen LogP contribution >= 0.6 is 0 Å². The smallest absolute Gasteiger partial charge is 0.293 e. The van der Waals surface area contributed by atoms with Crippen molar-refractivity contribution in [2.24, 2.45) is 0 Å². The molecule has 3 rings (SSSR count).